The summed E-state index contributed by atoms with van der Waals surface area (Å²) in [7, 11) is 0. The summed E-state index contributed by atoms with van der Waals surface area (Å²) in [4.78, 5) is 11.1. The average molecular weight is 179 g/mol. The number of rotatable bonds is 1. The Balaban J connectivity index is 2.46. The molecule has 1 atom stereocenters. The van der Waals surface area contributed by atoms with Crippen LogP contribution in [0.25, 0.3) is 0 Å². The molecule has 0 spiro atoms. The zero-order chi connectivity index (χ0) is 9.14. The highest BCUT2D eigenvalue weighted by molar-refractivity contribution is 5.62. The third-order valence-electron chi connectivity index (χ3n) is 1.77. The Kier molecular flexibility index (Phi) is 2.80. The van der Waals surface area contributed by atoms with Crippen LogP contribution >= 0.6 is 0 Å². The van der Waals surface area contributed by atoms with E-state index in [2.05, 4.69) is 5.32 Å². The molecule has 0 aromatic carbocycles. The second-order valence-corrected chi connectivity index (χ2v) is 2.61. The fraction of sp³-hybridized carbons (Fsp3) is 0.833. The van der Waals surface area contributed by atoms with Gasteiger partial charge in [-0.3, -0.25) is 0 Å². The smallest absolute Gasteiger partial charge is 0.255 e. The number of piperazine rings is 1. The number of amides is 1. The first-order valence-electron chi connectivity index (χ1n) is 3.58. The van der Waals surface area contributed by atoms with E-state index in [0.717, 1.165) is 4.90 Å². The summed E-state index contributed by atoms with van der Waals surface area (Å²) in [6.45, 7) is 0.272. The van der Waals surface area contributed by atoms with Crippen LogP contribution in [0.4, 0.5) is 13.6 Å². The van der Waals surface area contributed by atoms with Crippen LogP contribution < -0.4 is 10.4 Å². The number of carbonyl (C=O) groups excluding carboxylic acids is 1. The lowest BCUT2D eigenvalue weighted by Crippen LogP contribution is -2.58. The van der Waals surface area contributed by atoms with Crippen LogP contribution in [0.1, 0.15) is 0 Å². The average Bonchev–Trinajstić information content (AvgIpc) is 2.04. The van der Waals surface area contributed by atoms with Gasteiger partial charge >= 0.3 is 0 Å². The largest absolute Gasteiger partial charge is 0.530 e. The predicted octanol–water partition coefficient (Wildman–Crippen LogP) is -1.13. The van der Waals surface area contributed by atoms with Crippen LogP contribution in [0, 0.1) is 0 Å². The van der Waals surface area contributed by atoms with Gasteiger partial charge in [0.05, 0.1) is 6.04 Å². The van der Waals surface area contributed by atoms with Gasteiger partial charge in [-0.15, -0.1) is 0 Å². The maximum Gasteiger partial charge on any atom is 0.255 e. The van der Waals surface area contributed by atoms with Gasteiger partial charge in [-0.05, 0) is 0 Å². The molecule has 1 N–H and O–H groups in total. The maximum absolute atomic E-state index is 12.1. The van der Waals surface area contributed by atoms with E-state index in [1.807, 2.05) is 0 Å². The van der Waals surface area contributed by atoms with Crippen LogP contribution in [0.5, 0.6) is 0 Å². The van der Waals surface area contributed by atoms with Crippen LogP contribution in [0.15, 0.2) is 0 Å². The fourth-order valence-corrected chi connectivity index (χ4v) is 1.11. The monoisotopic (exact) mass is 179 g/mol. The molecule has 0 aromatic heterocycles. The van der Waals surface area contributed by atoms with Gasteiger partial charge in [0, 0.05) is 19.6 Å². The number of carbonyl (C=O) groups is 1. The summed E-state index contributed by atoms with van der Waals surface area (Å²) in [5, 5.41) is 12.8. The first-order chi connectivity index (χ1) is 5.61. The van der Waals surface area contributed by atoms with E-state index in [-0.39, 0.29) is 19.6 Å². The van der Waals surface area contributed by atoms with Crippen molar-refractivity contribution < 1.29 is 18.7 Å². The van der Waals surface area contributed by atoms with Crippen LogP contribution in [0.2, 0.25) is 0 Å². The van der Waals surface area contributed by atoms with Crippen LogP contribution in [0.3, 0.4) is 0 Å². The molecular formula is C6H9F2N2O2-. The summed E-state index contributed by atoms with van der Waals surface area (Å²) >= 11 is 0. The first-order valence-corrected chi connectivity index (χ1v) is 3.58. The number of hydrogen-bond donors (Lipinski definition) is 1. The van der Waals surface area contributed by atoms with Crippen molar-refractivity contribution in [2.24, 2.45) is 0 Å². The van der Waals surface area contributed by atoms with Crippen molar-refractivity contribution in [1.29, 1.82) is 0 Å². The topological polar surface area (TPSA) is 55.4 Å². The molecule has 0 unspecified atom stereocenters. The Bertz CT molecular complexity index is 177. The van der Waals surface area contributed by atoms with Gasteiger partial charge in [0.15, 0.2) is 0 Å². The molecule has 1 aliphatic heterocycles. The third kappa shape index (κ3) is 2.04. The molecule has 12 heavy (non-hydrogen) atoms. The lowest BCUT2D eigenvalue weighted by Gasteiger charge is -2.34. The van der Waals surface area contributed by atoms with Gasteiger partial charge < -0.3 is 20.1 Å². The minimum absolute atomic E-state index is 0.194. The van der Waals surface area contributed by atoms with Crippen LogP contribution in [-0.4, -0.2) is 43.1 Å². The van der Waals surface area contributed by atoms with Gasteiger partial charge in [0.2, 0.25) is 0 Å². The summed E-state index contributed by atoms with van der Waals surface area (Å²) in [6, 6.07) is -1.06. The van der Waals surface area contributed by atoms with E-state index in [1.54, 1.807) is 0 Å². The second-order valence-electron chi connectivity index (χ2n) is 2.61. The SMILES string of the molecule is O=C([O-])N1CCN[C@@H](C(F)F)C1. The molecule has 0 aromatic rings. The molecule has 1 aliphatic rings. The lowest BCUT2D eigenvalue weighted by molar-refractivity contribution is -0.267. The molecule has 1 fully saturated rings. The highest BCUT2D eigenvalue weighted by atomic mass is 19.3. The second kappa shape index (κ2) is 3.66. The number of alkyl halides is 2. The zero-order valence-corrected chi connectivity index (χ0v) is 6.30. The van der Waals surface area contributed by atoms with E-state index < -0.39 is 18.6 Å². The number of hydrogen-bond acceptors (Lipinski definition) is 3. The molecule has 4 nitrogen and oxygen atoms in total. The Morgan fingerprint density at radius 1 is 1.67 bits per heavy atom. The molecule has 1 amide bonds. The van der Waals surface area contributed by atoms with E-state index in [1.165, 1.54) is 0 Å². The highest BCUT2D eigenvalue weighted by Gasteiger charge is 2.26. The number of halogens is 2. The molecular weight excluding hydrogens is 170 g/mol. The van der Waals surface area contributed by atoms with Gasteiger partial charge in [0.25, 0.3) is 6.43 Å². The Hall–Kier alpha value is -0.910. The van der Waals surface area contributed by atoms with E-state index >= 15 is 0 Å². The molecule has 0 aliphatic carbocycles. The van der Waals surface area contributed by atoms with Crippen LogP contribution in [-0.2, 0) is 0 Å². The number of nitrogens with one attached hydrogen (secondary N) is 1. The van der Waals surface area contributed by atoms with Crippen molar-refractivity contribution >= 4 is 6.09 Å². The molecule has 70 valence electrons. The molecule has 1 saturated heterocycles. The molecule has 6 heteroatoms. The summed E-state index contributed by atoms with van der Waals surface area (Å²) in [6.07, 6.45) is -3.92. The Morgan fingerprint density at radius 2 is 2.33 bits per heavy atom. The molecule has 1 rings (SSSR count). The minimum Gasteiger partial charge on any atom is -0.530 e. The normalized spacial score (nSPS) is 24.6. The Morgan fingerprint density at radius 3 is 2.83 bits per heavy atom. The molecule has 1 heterocycles. The van der Waals surface area contributed by atoms with Crippen molar-refractivity contribution in [1.82, 2.24) is 10.2 Å². The van der Waals surface area contributed by atoms with E-state index in [4.69, 9.17) is 0 Å². The highest BCUT2D eigenvalue weighted by Crippen LogP contribution is 2.06. The van der Waals surface area contributed by atoms with E-state index in [9.17, 15) is 18.7 Å². The van der Waals surface area contributed by atoms with Crippen molar-refractivity contribution in [3.63, 3.8) is 0 Å². The number of carboxylic acid groups (broad SMARTS) is 1. The van der Waals surface area contributed by atoms with Gasteiger partial charge in [-0.25, -0.2) is 8.78 Å². The quantitative estimate of drug-likeness (QED) is 0.554. The van der Waals surface area contributed by atoms with Crippen molar-refractivity contribution in [3.8, 4) is 0 Å². The van der Waals surface area contributed by atoms with Crippen molar-refractivity contribution in [2.45, 2.75) is 12.5 Å². The summed E-state index contributed by atoms with van der Waals surface area (Å²) in [5.74, 6) is 0. The summed E-state index contributed by atoms with van der Waals surface area (Å²) in [5.41, 5.74) is 0. The lowest BCUT2D eigenvalue weighted by atomic mass is 10.2. The van der Waals surface area contributed by atoms with Gasteiger partial charge in [-0.1, -0.05) is 0 Å². The predicted molar refractivity (Wildman–Crippen MR) is 34.8 cm³/mol. The maximum atomic E-state index is 12.1. The minimum atomic E-state index is -2.54. The molecule has 0 saturated carbocycles. The van der Waals surface area contributed by atoms with Gasteiger partial charge in [0.1, 0.15) is 6.09 Å². The first kappa shape index (κ1) is 9.18. The van der Waals surface area contributed by atoms with Crippen molar-refractivity contribution in [3.05, 3.63) is 0 Å². The number of nitrogens with zero attached hydrogens (tertiary/aromatic N) is 1. The molecule has 0 bridgehead atoms. The molecule has 0 radical (unpaired) electrons. The Labute approximate surface area is 68.2 Å². The van der Waals surface area contributed by atoms with Gasteiger partial charge in [-0.2, -0.15) is 0 Å². The fourth-order valence-electron chi connectivity index (χ4n) is 1.11. The standard InChI is InChI=1S/C6H10F2N2O2/c7-5(8)4-3-10(6(11)12)2-1-9-4/h4-5,9H,1-3H2,(H,11,12)/p-1/t4-/m1/s1. The van der Waals surface area contributed by atoms with Crippen molar-refractivity contribution in [2.75, 3.05) is 19.6 Å². The summed E-state index contributed by atoms with van der Waals surface area (Å²) < 4.78 is 24.1. The van der Waals surface area contributed by atoms with E-state index in [0.29, 0.717) is 0 Å². The zero-order valence-electron chi connectivity index (χ0n) is 6.30. The third-order valence-corrected chi connectivity index (χ3v) is 1.77.